The van der Waals surface area contributed by atoms with E-state index in [0.717, 1.165) is 28.5 Å². The number of carbonyl (C=O) groups is 2. The second kappa shape index (κ2) is 9.11. The number of hydrazine groups is 1. The van der Waals surface area contributed by atoms with Crippen LogP contribution in [-0.2, 0) is 12.2 Å². The Labute approximate surface area is 203 Å². The van der Waals surface area contributed by atoms with Crippen LogP contribution in [0.4, 0.5) is 0 Å². The highest BCUT2D eigenvalue weighted by Gasteiger charge is 2.27. The van der Waals surface area contributed by atoms with Crippen molar-refractivity contribution in [2.75, 3.05) is 5.75 Å². The van der Waals surface area contributed by atoms with Gasteiger partial charge in [-0.3, -0.25) is 25.2 Å². The first-order chi connectivity index (χ1) is 16.5. The van der Waals surface area contributed by atoms with Crippen molar-refractivity contribution in [2.24, 2.45) is 0 Å². The molecule has 0 saturated heterocycles. The minimum atomic E-state index is -0.582. The summed E-state index contributed by atoms with van der Waals surface area (Å²) in [6, 6.07) is 10.5. The fraction of sp³-hybridized carbons (Fsp3) is 0.250. The SMILES string of the molecule is CC(C)n1nc(C(=O)NNC(=O)c2c(-n3cccc3)sc3c2CCSC3)c2ccccc2c1=O. The van der Waals surface area contributed by atoms with Crippen molar-refractivity contribution in [1.29, 1.82) is 0 Å². The first kappa shape index (κ1) is 22.4. The molecule has 0 fully saturated rings. The molecule has 1 aliphatic rings. The smallest absolute Gasteiger partial charge is 0.290 e. The van der Waals surface area contributed by atoms with E-state index in [9.17, 15) is 14.4 Å². The molecule has 4 heterocycles. The number of rotatable bonds is 4. The van der Waals surface area contributed by atoms with E-state index in [2.05, 4.69) is 16.0 Å². The minimum Gasteiger partial charge on any atom is -0.315 e. The van der Waals surface area contributed by atoms with Crippen LogP contribution in [0.3, 0.4) is 0 Å². The van der Waals surface area contributed by atoms with Crippen molar-refractivity contribution in [1.82, 2.24) is 25.2 Å². The molecule has 0 aliphatic carbocycles. The number of hydrogen-bond donors (Lipinski definition) is 2. The molecule has 5 rings (SSSR count). The number of hydrogen-bond acceptors (Lipinski definition) is 6. The highest BCUT2D eigenvalue weighted by Crippen LogP contribution is 2.38. The normalized spacial score (nSPS) is 13.1. The van der Waals surface area contributed by atoms with Crippen LogP contribution >= 0.6 is 23.1 Å². The monoisotopic (exact) mass is 493 g/mol. The van der Waals surface area contributed by atoms with E-state index in [1.54, 1.807) is 35.6 Å². The summed E-state index contributed by atoms with van der Waals surface area (Å²) in [4.78, 5) is 40.4. The minimum absolute atomic E-state index is 0.0820. The van der Waals surface area contributed by atoms with E-state index in [1.165, 1.54) is 9.56 Å². The Hall–Kier alpha value is -3.37. The molecule has 10 heteroatoms. The molecule has 174 valence electrons. The van der Waals surface area contributed by atoms with E-state index in [4.69, 9.17) is 0 Å². The number of aromatic nitrogens is 3. The Morgan fingerprint density at radius 2 is 1.74 bits per heavy atom. The summed E-state index contributed by atoms with van der Waals surface area (Å²) in [5, 5.41) is 5.98. The summed E-state index contributed by atoms with van der Waals surface area (Å²) in [6.07, 6.45) is 4.62. The number of nitrogens with one attached hydrogen (secondary N) is 2. The van der Waals surface area contributed by atoms with Gasteiger partial charge in [-0.15, -0.1) is 11.3 Å². The third-order valence-corrected chi connectivity index (χ3v) is 8.10. The zero-order chi connectivity index (χ0) is 23.8. The average Bonchev–Trinajstić information content (AvgIpc) is 3.50. The fourth-order valence-corrected chi connectivity index (χ4v) is 6.51. The van der Waals surface area contributed by atoms with Crippen molar-refractivity contribution in [3.8, 4) is 5.00 Å². The Kier molecular flexibility index (Phi) is 6.01. The van der Waals surface area contributed by atoms with Gasteiger partial charge in [-0.05, 0) is 49.8 Å². The maximum absolute atomic E-state index is 13.3. The highest BCUT2D eigenvalue weighted by molar-refractivity contribution is 7.98. The van der Waals surface area contributed by atoms with Gasteiger partial charge in [-0.2, -0.15) is 16.9 Å². The lowest BCUT2D eigenvalue weighted by Gasteiger charge is -2.15. The van der Waals surface area contributed by atoms with Crippen LogP contribution in [-0.4, -0.2) is 31.9 Å². The first-order valence-electron chi connectivity index (χ1n) is 10.9. The second-order valence-electron chi connectivity index (χ2n) is 8.22. The molecule has 8 nitrogen and oxygen atoms in total. The van der Waals surface area contributed by atoms with Crippen LogP contribution in [0.25, 0.3) is 15.8 Å². The Morgan fingerprint density at radius 1 is 1.03 bits per heavy atom. The molecule has 0 radical (unpaired) electrons. The predicted molar refractivity (Wildman–Crippen MR) is 135 cm³/mol. The molecule has 3 aromatic heterocycles. The molecule has 0 unspecified atom stereocenters. The number of benzene rings is 1. The van der Waals surface area contributed by atoms with Crippen LogP contribution in [0, 0.1) is 0 Å². The summed E-state index contributed by atoms with van der Waals surface area (Å²) in [7, 11) is 0. The van der Waals surface area contributed by atoms with Gasteiger partial charge in [-0.1, -0.05) is 18.2 Å². The number of fused-ring (bicyclic) bond motifs is 2. The zero-order valence-electron chi connectivity index (χ0n) is 18.7. The third-order valence-electron chi connectivity index (χ3n) is 5.69. The Balaban J connectivity index is 1.46. The molecule has 1 aromatic carbocycles. The number of thiophene rings is 1. The third kappa shape index (κ3) is 3.92. The first-order valence-corrected chi connectivity index (χ1v) is 12.9. The van der Waals surface area contributed by atoms with E-state index in [0.29, 0.717) is 16.3 Å². The summed E-state index contributed by atoms with van der Waals surface area (Å²) in [6.45, 7) is 3.65. The van der Waals surface area contributed by atoms with E-state index in [1.807, 2.05) is 54.7 Å². The van der Waals surface area contributed by atoms with E-state index in [-0.39, 0.29) is 23.2 Å². The van der Waals surface area contributed by atoms with Crippen LogP contribution in [0.2, 0.25) is 0 Å². The summed E-state index contributed by atoms with van der Waals surface area (Å²) in [5.41, 5.74) is 6.55. The lowest BCUT2D eigenvalue weighted by molar-refractivity contribution is 0.0843. The Morgan fingerprint density at radius 3 is 2.47 bits per heavy atom. The lowest BCUT2D eigenvalue weighted by Crippen LogP contribution is -2.43. The average molecular weight is 494 g/mol. The molecule has 0 spiro atoms. The Bertz CT molecular complexity index is 1450. The quantitative estimate of drug-likeness (QED) is 0.423. The van der Waals surface area contributed by atoms with Crippen molar-refractivity contribution < 1.29 is 9.59 Å². The van der Waals surface area contributed by atoms with Crippen molar-refractivity contribution in [2.45, 2.75) is 32.1 Å². The molecule has 2 N–H and O–H groups in total. The number of thioether (sulfide) groups is 1. The second-order valence-corrected chi connectivity index (χ2v) is 10.4. The van der Waals surface area contributed by atoms with Crippen LogP contribution in [0.1, 0.15) is 51.2 Å². The molecular formula is C24H23N5O3S2. The molecule has 0 saturated carbocycles. The summed E-state index contributed by atoms with van der Waals surface area (Å²) < 4.78 is 3.22. The number of amides is 2. The fourth-order valence-electron chi connectivity index (χ4n) is 4.06. The van der Waals surface area contributed by atoms with E-state index < -0.39 is 5.91 Å². The van der Waals surface area contributed by atoms with Crippen molar-refractivity contribution in [3.05, 3.63) is 80.8 Å². The van der Waals surface area contributed by atoms with Crippen LogP contribution < -0.4 is 16.4 Å². The topological polar surface area (TPSA) is 98.0 Å². The molecule has 1 aliphatic heterocycles. The molecule has 2 amide bonds. The van der Waals surface area contributed by atoms with Gasteiger partial charge in [0.25, 0.3) is 17.4 Å². The van der Waals surface area contributed by atoms with Gasteiger partial charge < -0.3 is 4.57 Å². The van der Waals surface area contributed by atoms with Crippen LogP contribution in [0.15, 0.2) is 53.6 Å². The van der Waals surface area contributed by atoms with Crippen molar-refractivity contribution >= 4 is 45.7 Å². The van der Waals surface area contributed by atoms with Gasteiger partial charge in [0.2, 0.25) is 0 Å². The largest absolute Gasteiger partial charge is 0.315 e. The summed E-state index contributed by atoms with van der Waals surface area (Å²) >= 11 is 3.46. The molecule has 0 atom stereocenters. The van der Waals surface area contributed by atoms with Crippen LogP contribution in [0.5, 0.6) is 0 Å². The zero-order valence-corrected chi connectivity index (χ0v) is 20.3. The van der Waals surface area contributed by atoms with Gasteiger partial charge in [-0.25, -0.2) is 4.68 Å². The van der Waals surface area contributed by atoms with Gasteiger partial charge in [0, 0.05) is 28.4 Å². The maximum atomic E-state index is 13.3. The molecular weight excluding hydrogens is 470 g/mol. The lowest BCUT2D eigenvalue weighted by atomic mass is 10.1. The van der Waals surface area contributed by atoms with Gasteiger partial charge in [0.1, 0.15) is 5.00 Å². The van der Waals surface area contributed by atoms with Gasteiger partial charge in [0.05, 0.1) is 17.0 Å². The maximum Gasteiger partial charge on any atom is 0.290 e. The van der Waals surface area contributed by atoms with E-state index >= 15 is 0 Å². The number of carbonyl (C=O) groups excluding carboxylic acids is 2. The molecule has 34 heavy (non-hydrogen) atoms. The predicted octanol–water partition coefficient (Wildman–Crippen LogP) is 3.69. The summed E-state index contributed by atoms with van der Waals surface area (Å²) in [5.74, 6) is 0.874. The molecule has 4 aromatic rings. The highest BCUT2D eigenvalue weighted by atomic mass is 32.2. The van der Waals surface area contributed by atoms with Gasteiger partial charge >= 0.3 is 0 Å². The van der Waals surface area contributed by atoms with Gasteiger partial charge in [0.15, 0.2) is 5.69 Å². The molecule has 0 bridgehead atoms. The number of nitrogens with zero attached hydrogens (tertiary/aromatic N) is 3. The van der Waals surface area contributed by atoms with Crippen molar-refractivity contribution in [3.63, 3.8) is 0 Å². The standard InChI is InChI=1S/C24H23N5O3S2/c1-14(2)29-23(32)16-8-4-3-7-15(16)20(27-29)22(31)26-25-21(30)19-17-9-12-33-13-18(17)34-24(19)28-10-5-6-11-28/h3-8,10-11,14H,9,12-13H2,1-2H3,(H,25,30)(H,26,31).